The first-order valence-corrected chi connectivity index (χ1v) is 10.5. The van der Waals surface area contributed by atoms with Crippen LogP contribution in [-0.2, 0) is 4.79 Å². The minimum absolute atomic E-state index is 0.148. The van der Waals surface area contributed by atoms with Gasteiger partial charge in [-0.3, -0.25) is 4.79 Å². The monoisotopic (exact) mass is 439 g/mol. The van der Waals surface area contributed by atoms with E-state index in [4.69, 9.17) is 10.6 Å². The topological polar surface area (TPSA) is 119 Å². The predicted octanol–water partition coefficient (Wildman–Crippen LogP) is 3.18. The van der Waals surface area contributed by atoms with Crippen molar-refractivity contribution in [3.63, 3.8) is 0 Å². The second-order valence-corrected chi connectivity index (χ2v) is 7.81. The number of nitrogens with zero attached hydrogens (tertiary/aromatic N) is 4. The van der Waals surface area contributed by atoms with E-state index in [-0.39, 0.29) is 17.6 Å². The lowest BCUT2D eigenvalue weighted by Crippen LogP contribution is -2.17. The summed E-state index contributed by atoms with van der Waals surface area (Å²) in [6.07, 6.45) is 0. The number of ether oxygens (including phenoxy) is 1. The maximum atomic E-state index is 12.3. The predicted molar refractivity (Wildman–Crippen MR) is 124 cm³/mol. The highest BCUT2D eigenvalue weighted by atomic mass is 32.2. The van der Waals surface area contributed by atoms with Crippen molar-refractivity contribution in [2.45, 2.75) is 25.9 Å². The van der Waals surface area contributed by atoms with Gasteiger partial charge in [0.2, 0.25) is 11.1 Å². The average Bonchev–Trinajstić information content (AvgIpc) is 3.12. The van der Waals surface area contributed by atoms with E-state index in [1.807, 2.05) is 63.2 Å². The first-order chi connectivity index (χ1) is 14.9. The fraction of sp³-hybridized carbons (Fsp3) is 0.238. The number of hydrogen-bond acceptors (Lipinski definition) is 8. The van der Waals surface area contributed by atoms with Crippen LogP contribution in [0.2, 0.25) is 0 Å². The lowest BCUT2D eigenvalue weighted by Gasteiger charge is -2.09. The zero-order valence-electron chi connectivity index (χ0n) is 17.8. The Hall–Kier alpha value is -3.53. The van der Waals surface area contributed by atoms with Crippen LogP contribution in [0.5, 0.6) is 5.75 Å². The smallest absolute Gasteiger partial charge is 0.264 e. The van der Waals surface area contributed by atoms with Gasteiger partial charge in [0.15, 0.2) is 0 Å². The standard InChI is InChI=1S/C21H25N7O2S/c1-13-8-9-18(14(2)10-13)23-19(29)12-31-21-27-26-20(28(21)22)25-24-15(3)16-6-5-7-17(11-16)30-4/h5-11H,12,22H2,1-4H3,(H,23,29)(H,25,26)/b24-15+. The van der Waals surface area contributed by atoms with Crippen LogP contribution in [0.4, 0.5) is 11.6 Å². The van der Waals surface area contributed by atoms with Crippen molar-refractivity contribution in [1.82, 2.24) is 14.9 Å². The fourth-order valence-electron chi connectivity index (χ4n) is 2.77. The highest BCUT2D eigenvalue weighted by molar-refractivity contribution is 7.99. The molecule has 4 N–H and O–H groups in total. The highest BCUT2D eigenvalue weighted by Crippen LogP contribution is 2.20. The number of nitrogens with two attached hydrogens (primary N) is 1. The number of nitrogen functional groups attached to an aromatic ring is 1. The molecule has 162 valence electrons. The summed E-state index contributed by atoms with van der Waals surface area (Å²) in [6.45, 7) is 5.82. The molecular weight excluding hydrogens is 414 g/mol. The highest BCUT2D eigenvalue weighted by Gasteiger charge is 2.13. The maximum absolute atomic E-state index is 12.3. The van der Waals surface area contributed by atoms with E-state index in [2.05, 4.69) is 26.0 Å². The molecule has 0 atom stereocenters. The van der Waals surface area contributed by atoms with Crippen LogP contribution in [0, 0.1) is 13.8 Å². The average molecular weight is 440 g/mol. The van der Waals surface area contributed by atoms with Gasteiger partial charge in [-0.1, -0.05) is 41.6 Å². The third kappa shape index (κ3) is 5.76. The molecular formula is C21H25N7O2S. The van der Waals surface area contributed by atoms with Crippen molar-refractivity contribution in [2.75, 3.05) is 29.4 Å². The Kier molecular flexibility index (Phi) is 7.14. The molecule has 0 aliphatic rings. The van der Waals surface area contributed by atoms with E-state index >= 15 is 0 Å². The van der Waals surface area contributed by atoms with Gasteiger partial charge in [0, 0.05) is 11.3 Å². The summed E-state index contributed by atoms with van der Waals surface area (Å²) in [5, 5.41) is 15.6. The molecule has 1 heterocycles. The molecule has 0 aliphatic carbocycles. The number of carbonyl (C=O) groups is 1. The molecule has 0 saturated heterocycles. The number of hydrazone groups is 1. The van der Waals surface area contributed by atoms with Crippen LogP contribution < -0.4 is 21.3 Å². The Morgan fingerprint density at radius 2 is 2.03 bits per heavy atom. The van der Waals surface area contributed by atoms with E-state index < -0.39 is 0 Å². The third-order valence-electron chi connectivity index (χ3n) is 4.46. The third-order valence-corrected chi connectivity index (χ3v) is 5.41. The van der Waals surface area contributed by atoms with Crippen LogP contribution in [-0.4, -0.2) is 39.4 Å². The summed E-state index contributed by atoms with van der Waals surface area (Å²) in [6, 6.07) is 13.4. The summed E-state index contributed by atoms with van der Waals surface area (Å²) in [5.41, 5.74) is 7.37. The Balaban J connectivity index is 1.58. The molecule has 3 aromatic rings. The Morgan fingerprint density at radius 1 is 1.23 bits per heavy atom. The van der Waals surface area contributed by atoms with Crippen molar-refractivity contribution in [2.24, 2.45) is 5.10 Å². The molecule has 1 amide bonds. The summed E-state index contributed by atoms with van der Waals surface area (Å²) < 4.78 is 6.49. The minimum Gasteiger partial charge on any atom is -0.497 e. The number of hydrogen-bond donors (Lipinski definition) is 3. The van der Waals surface area contributed by atoms with E-state index in [0.29, 0.717) is 5.16 Å². The fourth-order valence-corrected chi connectivity index (χ4v) is 3.42. The molecule has 0 spiro atoms. The number of rotatable bonds is 8. The molecule has 1 aromatic heterocycles. The van der Waals surface area contributed by atoms with Gasteiger partial charge < -0.3 is 15.9 Å². The van der Waals surface area contributed by atoms with Crippen molar-refractivity contribution < 1.29 is 9.53 Å². The van der Waals surface area contributed by atoms with Crippen molar-refractivity contribution in [1.29, 1.82) is 0 Å². The summed E-state index contributed by atoms with van der Waals surface area (Å²) in [4.78, 5) is 12.3. The SMILES string of the molecule is COc1cccc(/C(C)=N/Nc2nnc(SCC(=O)Nc3ccc(C)cc3C)n2N)c1. The largest absolute Gasteiger partial charge is 0.497 e. The van der Waals surface area contributed by atoms with Crippen LogP contribution in [0.1, 0.15) is 23.6 Å². The number of amides is 1. The molecule has 0 bridgehead atoms. The summed E-state index contributed by atoms with van der Waals surface area (Å²) in [7, 11) is 1.61. The van der Waals surface area contributed by atoms with Gasteiger partial charge >= 0.3 is 0 Å². The summed E-state index contributed by atoms with van der Waals surface area (Å²) >= 11 is 1.19. The second-order valence-electron chi connectivity index (χ2n) is 6.87. The molecule has 3 rings (SSSR count). The van der Waals surface area contributed by atoms with E-state index in [9.17, 15) is 4.79 Å². The van der Waals surface area contributed by atoms with Crippen molar-refractivity contribution in [3.05, 3.63) is 59.2 Å². The van der Waals surface area contributed by atoms with Crippen molar-refractivity contribution >= 4 is 35.0 Å². The molecule has 9 nitrogen and oxygen atoms in total. The molecule has 0 unspecified atom stereocenters. The minimum atomic E-state index is -0.152. The second kappa shape index (κ2) is 9.98. The molecule has 10 heteroatoms. The number of aromatic nitrogens is 3. The van der Waals surface area contributed by atoms with E-state index in [0.717, 1.165) is 33.8 Å². The number of methoxy groups -OCH3 is 1. The summed E-state index contributed by atoms with van der Waals surface area (Å²) in [5.74, 6) is 7.04. The van der Waals surface area contributed by atoms with Gasteiger partial charge in [-0.25, -0.2) is 10.1 Å². The Morgan fingerprint density at radius 3 is 2.77 bits per heavy atom. The maximum Gasteiger partial charge on any atom is 0.264 e. The zero-order chi connectivity index (χ0) is 22.4. The van der Waals surface area contributed by atoms with Crippen molar-refractivity contribution in [3.8, 4) is 5.75 Å². The number of anilines is 2. The molecule has 2 aromatic carbocycles. The number of benzene rings is 2. The van der Waals surface area contributed by atoms with E-state index in [1.54, 1.807) is 7.11 Å². The van der Waals surface area contributed by atoms with Crippen LogP contribution in [0.15, 0.2) is 52.7 Å². The van der Waals surface area contributed by atoms with Gasteiger partial charge in [0.25, 0.3) is 5.95 Å². The zero-order valence-corrected chi connectivity index (χ0v) is 18.7. The van der Waals surface area contributed by atoms with Crippen LogP contribution in [0.25, 0.3) is 0 Å². The molecule has 0 saturated carbocycles. The van der Waals surface area contributed by atoms with Gasteiger partial charge in [-0.2, -0.15) is 5.10 Å². The van der Waals surface area contributed by atoms with Crippen LogP contribution >= 0.6 is 11.8 Å². The Labute approximate surface area is 185 Å². The number of carbonyl (C=O) groups excluding carboxylic acids is 1. The first-order valence-electron chi connectivity index (χ1n) is 9.52. The molecule has 31 heavy (non-hydrogen) atoms. The molecule has 0 fully saturated rings. The Bertz CT molecular complexity index is 1110. The van der Waals surface area contributed by atoms with Crippen LogP contribution in [0.3, 0.4) is 0 Å². The molecule has 0 radical (unpaired) electrons. The van der Waals surface area contributed by atoms with E-state index in [1.165, 1.54) is 16.4 Å². The quantitative estimate of drug-likeness (QED) is 0.213. The molecule has 0 aliphatic heterocycles. The number of aryl methyl sites for hydroxylation is 2. The van der Waals surface area contributed by atoms with Gasteiger partial charge in [-0.05, 0) is 44.5 Å². The number of thioether (sulfide) groups is 1. The lowest BCUT2D eigenvalue weighted by atomic mass is 10.1. The van der Waals surface area contributed by atoms with Gasteiger partial charge in [-0.15, -0.1) is 10.2 Å². The lowest BCUT2D eigenvalue weighted by molar-refractivity contribution is -0.113. The van der Waals surface area contributed by atoms with Gasteiger partial charge in [0.05, 0.1) is 18.6 Å². The first kappa shape index (κ1) is 22.2. The number of nitrogens with one attached hydrogen (secondary N) is 2. The van der Waals surface area contributed by atoms with Gasteiger partial charge in [0.1, 0.15) is 5.75 Å². The normalized spacial score (nSPS) is 11.3.